The van der Waals surface area contributed by atoms with Crippen LogP contribution in [-0.2, 0) is 4.79 Å². The van der Waals surface area contributed by atoms with Crippen molar-refractivity contribution in [3.63, 3.8) is 0 Å². The fraction of sp³-hybridized carbons (Fsp3) is 0.450. The Hall–Kier alpha value is -2.63. The predicted octanol–water partition coefficient (Wildman–Crippen LogP) is 3.35. The van der Waals surface area contributed by atoms with Crippen LogP contribution in [0.25, 0.3) is 0 Å². The quantitative estimate of drug-likeness (QED) is 0.892. The molecule has 2 heterocycles. The average molecular weight is 354 g/mol. The fourth-order valence-corrected chi connectivity index (χ4v) is 3.31. The molecule has 6 heteroatoms. The minimum absolute atomic E-state index is 0.0197. The number of benzene rings is 1. The van der Waals surface area contributed by atoms with E-state index in [9.17, 15) is 4.79 Å². The van der Waals surface area contributed by atoms with E-state index in [1.54, 1.807) is 0 Å². The molecule has 1 N–H and O–H groups in total. The summed E-state index contributed by atoms with van der Waals surface area (Å²) in [6.07, 6.45) is 1.81. The van der Waals surface area contributed by atoms with Gasteiger partial charge in [-0.25, -0.2) is 9.97 Å². The molecule has 2 aromatic rings. The molecule has 26 heavy (non-hydrogen) atoms. The summed E-state index contributed by atoms with van der Waals surface area (Å²) >= 11 is 0. The molecule has 0 bridgehead atoms. The monoisotopic (exact) mass is 354 g/mol. The number of ether oxygens (including phenoxy) is 1. The normalized spacial score (nSPS) is 17.0. The van der Waals surface area contributed by atoms with Crippen molar-refractivity contribution < 1.29 is 9.53 Å². The second kappa shape index (κ2) is 8.17. The van der Waals surface area contributed by atoms with Crippen LogP contribution in [0.15, 0.2) is 30.3 Å². The number of piperidine rings is 1. The molecule has 3 rings (SSSR count). The van der Waals surface area contributed by atoms with Crippen molar-refractivity contribution in [2.75, 3.05) is 29.9 Å². The zero-order valence-corrected chi connectivity index (χ0v) is 15.7. The number of rotatable bonds is 5. The lowest BCUT2D eigenvalue weighted by molar-refractivity contribution is -0.120. The zero-order chi connectivity index (χ0) is 18.5. The first-order valence-electron chi connectivity index (χ1n) is 9.16. The van der Waals surface area contributed by atoms with Crippen molar-refractivity contribution >= 4 is 17.5 Å². The third-order valence-corrected chi connectivity index (χ3v) is 4.49. The zero-order valence-electron chi connectivity index (χ0n) is 15.7. The molecule has 1 atom stereocenters. The molecule has 1 aliphatic heterocycles. The number of para-hydroxylation sites is 2. The van der Waals surface area contributed by atoms with E-state index in [1.807, 2.05) is 51.1 Å². The van der Waals surface area contributed by atoms with Crippen LogP contribution in [0.3, 0.4) is 0 Å². The molecule has 0 saturated carbocycles. The van der Waals surface area contributed by atoms with Gasteiger partial charge in [0.15, 0.2) is 0 Å². The summed E-state index contributed by atoms with van der Waals surface area (Å²) in [7, 11) is 0. The van der Waals surface area contributed by atoms with E-state index in [4.69, 9.17) is 4.74 Å². The van der Waals surface area contributed by atoms with Crippen LogP contribution < -0.4 is 15.0 Å². The molecule has 1 aromatic carbocycles. The molecule has 0 unspecified atom stereocenters. The molecule has 0 spiro atoms. The van der Waals surface area contributed by atoms with Crippen LogP contribution in [0.2, 0.25) is 0 Å². The van der Waals surface area contributed by atoms with Crippen molar-refractivity contribution in [3.05, 3.63) is 41.7 Å². The van der Waals surface area contributed by atoms with E-state index in [1.165, 1.54) is 0 Å². The Morgan fingerprint density at radius 2 is 2.00 bits per heavy atom. The van der Waals surface area contributed by atoms with Crippen LogP contribution in [0, 0.1) is 19.8 Å². The standard InChI is InChI=1S/C20H26N4O2/c1-4-26-18-10-6-5-9-17(18)23-19(25)16-8-7-11-24(13-16)20-21-14(2)12-15(3)22-20/h5-6,9-10,12,16H,4,7-8,11,13H2,1-3H3,(H,23,25)/t16-/m0/s1. The maximum atomic E-state index is 12.8. The maximum absolute atomic E-state index is 12.8. The van der Waals surface area contributed by atoms with Gasteiger partial charge in [-0.3, -0.25) is 4.79 Å². The van der Waals surface area contributed by atoms with E-state index in [2.05, 4.69) is 20.2 Å². The largest absolute Gasteiger partial charge is 0.492 e. The number of carbonyl (C=O) groups is 1. The molecule has 6 nitrogen and oxygen atoms in total. The van der Waals surface area contributed by atoms with E-state index in [-0.39, 0.29) is 11.8 Å². The summed E-state index contributed by atoms with van der Waals surface area (Å²) in [5.41, 5.74) is 2.62. The number of anilines is 2. The Morgan fingerprint density at radius 1 is 1.27 bits per heavy atom. The van der Waals surface area contributed by atoms with Crippen molar-refractivity contribution in [1.29, 1.82) is 0 Å². The maximum Gasteiger partial charge on any atom is 0.229 e. The third kappa shape index (κ3) is 4.31. The van der Waals surface area contributed by atoms with Crippen molar-refractivity contribution in [2.24, 2.45) is 5.92 Å². The number of nitrogens with zero attached hydrogens (tertiary/aromatic N) is 3. The Labute approximate surface area is 154 Å². The van der Waals surface area contributed by atoms with Gasteiger partial charge in [-0.15, -0.1) is 0 Å². The van der Waals surface area contributed by atoms with E-state index < -0.39 is 0 Å². The van der Waals surface area contributed by atoms with Crippen molar-refractivity contribution in [3.8, 4) is 5.75 Å². The first kappa shape index (κ1) is 18.2. The summed E-state index contributed by atoms with van der Waals surface area (Å²) in [6, 6.07) is 9.50. The van der Waals surface area contributed by atoms with Crippen LogP contribution in [0.4, 0.5) is 11.6 Å². The molecule has 0 aliphatic carbocycles. The predicted molar refractivity (Wildman–Crippen MR) is 103 cm³/mol. The van der Waals surface area contributed by atoms with Gasteiger partial charge in [-0.2, -0.15) is 0 Å². The number of nitrogens with one attached hydrogen (secondary N) is 1. The second-order valence-electron chi connectivity index (χ2n) is 6.65. The van der Waals surface area contributed by atoms with Crippen molar-refractivity contribution in [2.45, 2.75) is 33.6 Å². The Morgan fingerprint density at radius 3 is 2.73 bits per heavy atom. The molecule has 1 amide bonds. The van der Waals surface area contributed by atoms with Gasteiger partial charge in [-0.1, -0.05) is 12.1 Å². The minimum Gasteiger partial charge on any atom is -0.492 e. The van der Waals surface area contributed by atoms with Crippen LogP contribution in [-0.4, -0.2) is 35.6 Å². The van der Waals surface area contributed by atoms with E-state index in [0.717, 1.165) is 42.4 Å². The molecule has 138 valence electrons. The van der Waals surface area contributed by atoms with Gasteiger partial charge in [0.1, 0.15) is 5.75 Å². The van der Waals surface area contributed by atoms with Gasteiger partial charge in [0.05, 0.1) is 18.2 Å². The second-order valence-corrected chi connectivity index (χ2v) is 6.65. The first-order valence-corrected chi connectivity index (χ1v) is 9.16. The SMILES string of the molecule is CCOc1ccccc1NC(=O)[C@H]1CCCN(c2nc(C)cc(C)n2)C1. The molecule has 0 radical (unpaired) electrons. The van der Waals surface area contributed by atoms with Crippen LogP contribution >= 0.6 is 0 Å². The summed E-state index contributed by atoms with van der Waals surface area (Å²) < 4.78 is 5.60. The number of hydrogen-bond donors (Lipinski definition) is 1. The summed E-state index contributed by atoms with van der Waals surface area (Å²) in [5, 5.41) is 3.03. The molecule has 1 aliphatic rings. The highest BCUT2D eigenvalue weighted by Gasteiger charge is 2.27. The Kier molecular flexibility index (Phi) is 5.71. The Bertz CT molecular complexity index is 758. The lowest BCUT2D eigenvalue weighted by atomic mass is 9.97. The summed E-state index contributed by atoms with van der Waals surface area (Å²) in [5.74, 6) is 1.34. The molecular formula is C20H26N4O2. The van der Waals surface area contributed by atoms with Gasteiger partial charge in [0.2, 0.25) is 11.9 Å². The van der Waals surface area contributed by atoms with E-state index >= 15 is 0 Å². The molecule has 1 fully saturated rings. The number of hydrogen-bond acceptors (Lipinski definition) is 5. The van der Waals surface area contributed by atoms with Gasteiger partial charge >= 0.3 is 0 Å². The molecule has 1 saturated heterocycles. The first-order chi connectivity index (χ1) is 12.6. The molecule has 1 aromatic heterocycles. The third-order valence-electron chi connectivity index (χ3n) is 4.49. The van der Waals surface area contributed by atoms with Crippen LogP contribution in [0.1, 0.15) is 31.2 Å². The summed E-state index contributed by atoms with van der Waals surface area (Å²) in [6.45, 7) is 7.94. The lowest BCUT2D eigenvalue weighted by Gasteiger charge is -2.32. The van der Waals surface area contributed by atoms with Gasteiger partial charge < -0.3 is 15.0 Å². The Balaban J connectivity index is 1.70. The number of carbonyl (C=O) groups excluding carboxylic acids is 1. The number of aromatic nitrogens is 2. The number of aryl methyl sites for hydroxylation is 2. The number of amides is 1. The topological polar surface area (TPSA) is 67.3 Å². The highest BCUT2D eigenvalue weighted by Crippen LogP contribution is 2.26. The minimum atomic E-state index is -0.0946. The van der Waals surface area contributed by atoms with Gasteiger partial charge in [0, 0.05) is 24.5 Å². The highest BCUT2D eigenvalue weighted by atomic mass is 16.5. The van der Waals surface area contributed by atoms with Crippen LogP contribution in [0.5, 0.6) is 5.75 Å². The smallest absolute Gasteiger partial charge is 0.229 e. The average Bonchev–Trinajstić information content (AvgIpc) is 2.63. The van der Waals surface area contributed by atoms with Crippen molar-refractivity contribution in [1.82, 2.24) is 9.97 Å². The summed E-state index contributed by atoms with van der Waals surface area (Å²) in [4.78, 5) is 24.0. The van der Waals surface area contributed by atoms with E-state index in [0.29, 0.717) is 18.9 Å². The highest BCUT2D eigenvalue weighted by molar-refractivity contribution is 5.94. The lowest BCUT2D eigenvalue weighted by Crippen LogP contribution is -2.41. The van der Waals surface area contributed by atoms with Gasteiger partial charge in [-0.05, 0) is 51.8 Å². The fourth-order valence-electron chi connectivity index (χ4n) is 3.31. The molecular weight excluding hydrogens is 328 g/mol. The van der Waals surface area contributed by atoms with Gasteiger partial charge in [0.25, 0.3) is 0 Å².